The fraction of sp³-hybridized carbons (Fsp3) is 0.690. The molecule has 1 aromatic carbocycles. The molecule has 0 nitrogen and oxygen atoms in total. The van der Waals surface area contributed by atoms with E-state index in [1.54, 1.807) is 0 Å². The van der Waals surface area contributed by atoms with Crippen molar-refractivity contribution in [2.75, 3.05) is 0 Å². The minimum absolute atomic E-state index is 0.357. The van der Waals surface area contributed by atoms with Crippen LogP contribution in [0.5, 0.6) is 0 Å². The van der Waals surface area contributed by atoms with Crippen molar-refractivity contribution >= 4 is 29.0 Å². The van der Waals surface area contributed by atoms with Crippen molar-refractivity contribution in [2.45, 2.75) is 246 Å². The first-order chi connectivity index (χ1) is 29.7. The van der Waals surface area contributed by atoms with Crippen molar-refractivity contribution in [1.29, 1.82) is 0 Å². The van der Waals surface area contributed by atoms with Crippen molar-refractivity contribution < 1.29 is 0 Å². The number of benzene rings is 1. The van der Waals surface area contributed by atoms with Crippen molar-refractivity contribution in [3.05, 3.63) is 57.4 Å². The summed E-state index contributed by atoms with van der Waals surface area (Å²) in [5, 5.41) is 0. The number of rotatable bonds is 36. The van der Waals surface area contributed by atoms with Crippen LogP contribution in [0.4, 0.5) is 0 Å². The number of unbranched alkanes of at least 4 members (excludes halogenated alkanes) is 24. The number of hydrogen-bond acceptors (Lipinski definition) is 0. The van der Waals surface area contributed by atoms with Gasteiger partial charge in [-0.1, -0.05) is 105 Å². The van der Waals surface area contributed by atoms with Gasteiger partial charge < -0.3 is 0 Å². The zero-order valence-corrected chi connectivity index (χ0v) is 43.1. The molecule has 0 saturated carbocycles. The molecule has 0 amide bonds. The monoisotopic (exact) mass is 947 g/mol. The average Bonchev–Trinajstić information content (AvgIpc) is 4.01. The molecule has 0 spiro atoms. The summed E-state index contributed by atoms with van der Waals surface area (Å²) < 4.78 is 2.92. The van der Waals surface area contributed by atoms with E-state index in [1.165, 1.54) is 237 Å². The zero-order valence-electron chi connectivity index (χ0n) is 39.6. The summed E-state index contributed by atoms with van der Waals surface area (Å²) in [5.41, 5.74) is 5.16. The van der Waals surface area contributed by atoms with Gasteiger partial charge in [-0.15, -0.1) is 0 Å². The van der Waals surface area contributed by atoms with Crippen LogP contribution in [0, 0.1) is 35.5 Å². The second-order valence-corrected chi connectivity index (χ2v) is 22.3. The Morgan fingerprint density at radius 2 is 0.667 bits per heavy atom. The van der Waals surface area contributed by atoms with Gasteiger partial charge in [0.1, 0.15) is 0 Å². The molecule has 0 N–H and O–H groups in total. The second-order valence-electron chi connectivity index (χ2n) is 18.3. The van der Waals surface area contributed by atoms with Crippen LogP contribution < -0.4 is 0 Å². The van der Waals surface area contributed by atoms with Gasteiger partial charge in [-0.3, -0.25) is 0 Å². The maximum absolute atomic E-state index is 3.83. The van der Waals surface area contributed by atoms with Gasteiger partial charge in [-0.25, -0.2) is 0 Å². The molecule has 0 radical (unpaired) electrons. The molecule has 2 heterocycles. The fourth-order valence-corrected chi connectivity index (χ4v) is 12.1. The maximum atomic E-state index is 3.83. The van der Waals surface area contributed by atoms with E-state index in [9.17, 15) is 0 Å². The van der Waals surface area contributed by atoms with E-state index < -0.39 is 0 Å². The van der Waals surface area contributed by atoms with Crippen LogP contribution in [0.3, 0.4) is 0 Å². The Bertz CT molecular complexity index is 1420. The molecule has 2 atom stereocenters. The molecular formula is C58H90Se2. The Balaban J connectivity index is 1.78. The van der Waals surface area contributed by atoms with E-state index in [-0.39, 0.29) is 0 Å². The molecule has 0 aliphatic carbocycles. The molecule has 2 heteroatoms. The summed E-state index contributed by atoms with van der Waals surface area (Å²) in [7, 11) is 0. The fourth-order valence-electron chi connectivity index (χ4n) is 8.92. The van der Waals surface area contributed by atoms with Gasteiger partial charge in [0.15, 0.2) is 0 Å². The average molecular weight is 945 g/mol. The van der Waals surface area contributed by atoms with Crippen molar-refractivity contribution in [1.82, 2.24) is 0 Å². The Morgan fingerprint density at radius 1 is 0.383 bits per heavy atom. The van der Waals surface area contributed by atoms with Gasteiger partial charge in [0.2, 0.25) is 0 Å². The van der Waals surface area contributed by atoms with Crippen LogP contribution in [-0.2, 0) is 0 Å². The van der Waals surface area contributed by atoms with Crippen molar-refractivity contribution in [2.24, 2.45) is 11.8 Å². The molecule has 334 valence electrons. The van der Waals surface area contributed by atoms with Gasteiger partial charge in [-0.2, -0.15) is 0 Å². The molecule has 0 aliphatic rings. The van der Waals surface area contributed by atoms with E-state index in [0.29, 0.717) is 29.0 Å². The predicted octanol–water partition coefficient (Wildman–Crippen LogP) is 18.4. The minimum Gasteiger partial charge on any atom is -0.0654 e. The summed E-state index contributed by atoms with van der Waals surface area (Å²) in [6.07, 6.45) is 46.5. The minimum atomic E-state index is 0.357. The third-order valence-electron chi connectivity index (χ3n) is 12.8. The van der Waals surface area contributed by atoms with E-state index >= 15 is 0 Å². The van der Waals surface area contributed by atoms with E-state index in [2.05, 4.69) is 97.7 Å². The molecule has 3 aromatic rings. The first-order valence-corrected chi connectivity index (χ1v) is 29.6. The smallest absolute Gasteiger partial charge is 0.0654 e. The molecule has 2 unspecified atom stereocenters. The second kappa shape index (κ2) is 36.8. The van der Waals surface area contributed by atoms with Crippen LogP contribution in [0.15, 0.2) is 46.3 Å². The summed E-state index contributed by atoms with van der Waals surface area (Å²) in [5.74, 6) is 16.7. The Morgan fingerprint density at radius 3 is 0.933 bits per heavy atom. The van der Waals surface area contributed by atoms with Crippen LogP contribution in [0.25, 0.3) is 20.0 Å². The molecule has 0 saturated heterocycles. The number of hydrogen-bond donors (Lipinski definition) is 0. The first-order valence-electron chi connectivity index (χ1n) is 25.9. The predicted molar refractivity (Wildman–Crippen MR) is 272 cm³/mol. The van der Waals surface area contributed by atoms with Crippen LogP contribution in [0.2, 0.25) is 0 Å². The third-order valence-corrected chi connectivity index (χ3v) is 16.6. The Kier molecular flexibility index (Phi) is 32.3. The van der Waals surface area contributed by atoms with Gasteiger partial charge in [0.05, 0.1) is 0 Å². The van der Waals surface area contributed by atoms with Crippen molar-refractivity contribution in [3.8, 4) is 43.7 Å². The van der Waals surface area contributed by atoms with E-state index in [1.807, 2.05) is 0 Å². The van der Waals surface area contributed by atoms with Crippen LogP contribution in [0.1, 0.15) is 257 Å². The first kappa shape index (κ1) is 52.7. The SMILES string of the molecule is CCCCCCCCCCC(CC#Cc1cc(-c2ccc[se]2)c(C#CCC(CCCCCCCC)CCCCCCCCCC)cc1-c1ccc[se]1)CCCCCCCC. The summed E-state index contributed by atoms with van der Waals surface area (Å²) >= 11 is 0.714. The van der Waals surface area contributed by atoms with Gasteiger partial charge in [0, 0.05) is 0 Å². The quantitative estimate of drug-likeness (QED) is 0.0310. The third kappa shape index (κ3) is 24.3. The van der Waals surface area contributed by atoms with Crippen LogP contribution in [-0.4, -0.2) is 29.0 Å². The van der Waals surface area contributed by atoms with Gasteiger partial charge in [0.25, 0.3) is 0 Å². The van der Waals surface area contributed by atoms with Crippen molar-refractivity contribution in [3.63, 3.8) is 0 Å². The molecule has 0 aliphatic heterocycles. The Labute approximate surface area is 385 Å². The summed E-state index contributed by atoms with van der Waals surface area (Å²) in [4.78, 5) is 4.73. The molecule has 0 bridgehead atoms. The molecular weight excluding hydrogens is 855 g/mol. The van der Waals surface area contributed by atoms with E-state index in [4.69, 9.17) is 0 Å². The van der Waals surface area contributed by atoms with Gasteiger partial charge in [-0.05, 0) is 0 Å². The topological polar surface area (TPSA) is 0 Å². The van der Waals surface area contributed by atoms with Crippen LogP contribution >= 0.6 is 0 Å². The molecule has 60 heavy (non-hydrogen) atoms. The zero-order chi connectivity index (χ0) is 42.6. The molecule has 3 rings (SSSR count). The summed E-state index contributed by atoms with van der Waals surface area (Å²) in [6.45, 7) is 9.28. The van der Waals surface area contributed by atoms with Gasteiger partial charge >= 0.3 is 283 Å². The summed E-state index contributed by atoms with van der Waals surface area (Å²) in [6, 6.07) is 14.1. The standard InChI is InChI=1S/C58H90Se2/c1-5-9-13-17-21-23-27-31-39-51(37-29-25-19-15-11-7-3)41-33-43-53-49-56(58-46-36-48-60-58)54(50-55(53)57-45-35-47-59-57)44-34-42-52(38-30-26-20-16-12-8-4)40-32-28-24-22-18-14-10-6-2/h35-36,45-52H,5-32,37-42H2,1-4H3. The Hall–Kier alpha value is -1.66. The molecule has 2 aromatic heterocycles. The van der Waals surface area contributed by atoms with E-state index in [0.717, 1.165) is 24.7 Å². The molecule has 0 fully saturated rings. The normalized spacial score (nSPS) is 12.2.